The molecule has 2 rings (SSSR count). The van der Waals surface area contributed by atoms with Gasteiger partial charge in [-0.1, -0.05) is 11.6 Å². The minimum Gasteiger partial charge on any atom is -0.491 e. The van der Waals surface area contributed by atoms with E-state index in [9.17, 15) is 4.79 Å². The standard InChI is InChI=1S/C11H10ClNO2/c1-11(13-7-14)5-8-4-9(12)2-3-10(8)15-6-11/h2-4H,5-6H2,1H3. The maximum Gasteiger partial charge on any atom is 0.235 e. The Morgan fingerprint density at radius 2 is 2.40 bits per heavy atom. The lowest BCUT2D eigenvalue weighted by atomic mass is 9.91. The summed E-state index contributed by atoms with van der Waals surface area (Å²) in [5.41, 5.74) is 0.467. The normalized spacial score (nSPS) is 23.6. The monoisotopic (exact) mass is 223 g/mol. The minimum atomic E-state index is -0.514. The van der Waals surface area contributed by atoms with Gasteiger partial charge in [0.1, 0.15) is 17.9 Å². The van der Waals surface area contributed by atoms with Crippen LogP contribution in [0.5, 0.6) is 5.75 Å². The molecule has 4 heteroatoms. The van der Waals surface area contributed by atoms with E-state index in [2.05, 4.69) is 4.99 Å². The number of benzene rings is 1. The predicted octanol–water partition coefficient (Wildman–Crippen LogP) is 2.37. The second kappa shape index (κ2) is 3.69. The molecule has 1 unspecified atom stereocenters. The van der Waals surface area contributed by atoms with E-state index in [1.165, 1.54) is 0 Å². The van der Waals surface area contributed by atoms with E-state index in [0.29, 0.717) is 18.1 Å². The number of nitrogens with zero attached hydrogens (tertiary/aromatic N) is 1. The van der Waals surface area contributed by atoms with Crippen LogP contribution in [0.1, 0.15) is 12.5 Å². The number of aliphatic imine (C=N–C) groups is 1. The Hall–Kier alpha value is -1.31. The Morgan fingerprint density at radius 1 is 1.60 bits per heavy atom. The maximum absolute atomic E-state index is 10.3. The third kappa shape index (κ3) is 2.04. The smallest absolute Gasteiger partial charge is 0.235 e. The van der Waals surface area contributed by atoms with Crippen LogP contribution in [-0.2, 0) is 11.2 Å². The molecule has 3 nitrogen and oxygen atoms in total. The lowest BCUT2D eigenvalue weighted by Gasteiger charge is -2.30. The summed E-state index contributed by atoms with van der Waals surface area (Å²) in [6.45, 7) is 2.26. The van der Waals surface area contributed by atoms with Crippen molar-refractivity contribution in [3.63, 3.8) is 0 Å². The van der Waals surface area contributed by atoms with E-state index in [4.69, 9.17) is 16.3 Å². The highest BCUT2D eigenvalue weighted by Crippen LogP contribution is 2.32. The Bertz CT molecular complexity index is 440. The van der Waals surface area contributed by atoms with Gasteiger partial charge in [0.25, 0.3) is 0 Å². The Labute approximate surface area is 92.7 Å². The van der Waals surface area contributed by atoms with Gasteiger partial charge in [0.05, 0.1) is 0 Å². The van der Waals surface area contributed by atoms with Crippen molar-refractivity contribution < 1.29 is 9.53 Å². The van der Waals surface area contributed by atoms with Crippen LogP contribution in [0.25, 0.3) is 0 Å². The number of carbonyl (C=O) groups excluding carboxylic acids is 1. The summed E-state index contributed by atoms with van der Waals surface area (Å²) >= 11 is 5.88. The molecule has 15 heavy (non-hydrogen) atoms. The van der Waals surface area contributed by atoms with Crippen LogP contribution in [0, 0.1) is 0 Å². The van der Waals surface area contributed by atoms with E-state index >= 15 is 0 Å². The van der Waals surface area contributed by atoms with Crippen molar-refractivity contribution in [3.8, 4) is 5.75 Å². The highest BCUT2D eigenvalue weighted by atomic mass is 35.5. The zero-order valence-electron chi connectivity index (χ0n) is 8.29. The number of ether oxygens (including phenoxy) is 1. The van der Waals surface area contributed by atoms with E-state index in [1.54, 1.807) is 12.1 Å². The van der Waals surface area contributed by atoms with Gasteiger partial charge in [0.2, 0.25) is 6.08 Å². The van der Waals surface area contributed by atoms with Crippen LogP contribution in [0.4, 0.5) is 0 Å². The SMILES string of the molecule is CC1(N=C=O)COc2ccc(Cl)cc2C1. The zero-order chi connectivity index (χ0) is 10.9. The van der Waals surface area contributed by atoms with Crippen LogP contribution in [0.3, 0.4) is 0 Å². The Balaban J connectivity index is 2.36. The van der Waals surface area contributed by atoms with Gasteiger partial charge in [-0.3, -0.25) is 0 Å². The van der Waals surface area contributed by atoms with Crippen LogP contribution in [-0.4, -0.2) is 18.2 Å². The molecule has 1 aliphatic heterocycles. The second-order valence-electron chi connectivity index (χ2n) is 3.92. The molecular formula is C11H10ClNO2. The van der Waals surface area contributed by atoms with Crippen LogP contribution in [0.15, 0.2) is 23.2 Å². The fraction of sp³-hybridized carbons (Fsp3) is 0.364. The molecule has 1 aromatic rings. The quantitative estimate of drug-likeness (QED) is 0.542. The molecule has 0 amide bonds. The maximum atomic E-state index is 10.3. The van der Waals surface area contributed by atoms with Crippen molar-refractivity contribution in [1.29, 1.82) is 0 Å². The largest absolute Gasteiger partial charge is 0.491 e. The number of fused-ring (bicyclic) bond motifs is 1. The van der Waals surface area contributed by atoms with Crippen molar-refractivity contribution in [2.75, 3.05) is 6.61 Å². The van der Waals surface area contributed by atoms with Crippen molar-refractivity contribution in [2.24, 2.45) is 4.99 Å². The molecule has 78 valence electrons. The molecule has 0 aromatic heterocycles. The minimum absolute atomic E-state index is 0.400. The van der Waals surface area contributed by atoms with Crippen molar-refractivity contribution in [1.82, 2.24) is 0 Å². The first-order chi connectivity index (χ1) is 7.13. The summed E-state index contributed by atoms with van der Waals surface area (Å²) in [6, 6.07) is 5.46. The molecule has 1 aromatic carbocycles. The average molecular weight is 224 g/mol. The highest BCUT2D eigenvalue weighted by molar-refractivity contribution is 6.30. The first-order valence-electron chi connectivity index (χ1n) is 4.63. The highest BCUT2D eigenvalue weighted by Gasteiger charge is 2.31. The van der Waals surface area contributed by atoms with Gasteiger partial charge < -0.3 is 4.74 Å². The molecule has 0 radical (unpaired) electrons. The number of hydrogen-bond acceptors (Lipinski definition) is 3. The summed E-state index contributed by atoms with van der Waals surface area (Å²) < 4.78 is 5.52. The van der Waals surface area contributed by atoms with Gasteiger partial charge in [-0.15, -0.1) is 0 Å². The van der Waals surface area contributed by atoms with E-state index in [-0.39, 0.29) is 0 Å². The molecule has 0 bridgehead atoms. The number of hydrogen-bond donors (Lipinski definition) is 0. The molecule has 0 N–H and O–H groups in total. The lowest BCUT2D eigenvalue weighted by molar-refractivity contribution is 0.205. The second-order valence-corrected chi connectivity index (χ2v) is 4.35. The molecule has 0 fully saturated rings. The summed E-state index contributed by atoms with van der Waals surface area (Å²) in [5.74, 6) is 0.818. The summed E-state index contributed by atoms with van der Waals surface area (Å²) in [4.78, 5) is 14.1. The Kier molecular flexibility index (Phi) is 2.51. The molecule has 1 aliphatic rings. The molecule has 0 spiro atoms. The Morgan fingerprint density at radius 3 is 3.13 bits per heavy atom. The average Bonchev–Trinajstić information content (AvgIpc) is 2.17. The molecule has 0 saturated heterocycles. The summed E-state index contributed by atoms with van der Waals surface area (Å²) in [5, 5.41) is 0.664. The third-order valence-electron chi connectivity index (χ3n) is 2.45. The third-order valence-corrected chi connectivity index (χ3v) is 2.68. The lowest BCUT2D eigenvalue weighted by Crippen LogP contribution is -2.36. The van der Waals surface area contributed by atoms with Gasteiger partial charge in [-0.25, -0.2) is 4.79 Å². The topological polar surface area (TPSA) is 38.7 Å². The zero-order valence-corrected chi connectivity index (χ0v) is 9.04. The van der Waals surface area contributed by atoms with Crippen molar-refractivity contribution in [2.45, 2.75) is 18.9 Å². The molecule has 0 aliphatic carbocycles. The number of rotatable bonds is 1. The van der Waals surface area contributed by atoms with E-state index < -0.39 is 5.54 Å². The summed E-state index contributed by atoms with van der Waals surface area (Å²) in [6.07, 6.45) is 2.24. The van der Waals surface area contributed by atoms with Gasteiger partial charge in [0, 0.05) is 11.4 Å². The fourth-order valence-electron chi connectivity index (χ4n) is 1.70. The van der Waals surface area contributed by atoms with E-state index in [1.807, 2.05) is 19.1 Å². The predicted molar refractivity (Wildman–Crippen MR) is 57.2 cm³/mol. The summed E-state index contributed by atoms with van der Waals surface area (Å²) in [7, 11) is 0. The van der Waals surface area contributed by atoms with Gasteiger partial charge in [0.15, 0.2) is 0 Å². The van der Waals surface area contributed by atoms with Gasteiger partial charge >= 0.3 is 0 Å². The van der Waals surface area contributed by atoms with Gasteiger partial charge in [-0.05, 0) is 30.7 Å². The van der Waals surface area contributed by atoms with Crippen molar-refractivity contribution in [3.05, 3.63) is 28.8 Å². The van der Waals surface area contributed by atoms with Crippen LogP contribution in [0.2, 0.25) is 5.02 Å². The first-order valence-corrected chi connectivity index (χ1v) is 5.01. The molecule has 0 saturated carbocycles. The fourth-order valence-corrected chi connectivity index (χ4v) is 1.90. The van der Waals surface area contributed by atoms with Crippen molar-refractivity contribution >= 4 is 17.7 Å². The molecule has 1 heterocycles. The van der Waals surface area contributed by atoms with Gasteiger partial charge in [-0.2, -0.15) is 4.99 Å². The number of isocyanates is 1. The van der Waals surface area contributed by atoms with Crippen LogP contribution >= 0.6 is 11.6 Å². The van der Waals surface area contributed by atoms with E-state index in [0.717, 1.165) is 11.3 Å². The molecular weight excluding hydrogens is 214 g/mol. The first kappa shape index (κ1) is 10.2. The van der Waals surface area contributed by atoms with Crippen LogP contribution < -0.4 is 4.74 Å². The number of halogens is 1. The molecule has 1 atom stereocenters.